The van der Waals surface area contributed by atoms with Gasteiger partial charge in [-0.15, -0.1) is 0 Å². The van der Waals surface area contributed by atoms with E-state index >= 15 is 0 Å². The first kappa shape index (κ1) is 15.0. The molecule has 0 saturated carbocycles. The second-order valence-electron chi connectivity index (χ2n) is 5.45. The molecule has 0 aromatic heterocycles. The minimum absolute atomic E-state index is 0.274. The van der Waals surface area contributed by atoms with Gasteiger partial charge in [-0.25, -0.2) is 4.79 Å². The van der Waals surface area contributed by atoms with Crippen molar-refractivity contribution in [2.45, 2.75) is 25.8 Å². The average Bonchev–Trinajstić information content (AvgIpc) is 2.47. The lowest BCUT2D eigenvalue weighted by Gasteiger charge is -2.32. The Morgan fingerprint density at radius 3 is 3.10 bits per heavy atom. The molecule has 0 radical (unpaired) electrons. The number of esters is 1. The first-order chi connectivity index (χ1) is 9.72. The van der Waals surface area contributed by atoms with Crippen LogP contribution in [-0.2, 0) is 11.3 Å². The van der Waals surface area contributed by atoms with E-state index in [1.165, 1.54) is 20.0 Å². The first-order valence-corrected chi connectivity index (χ1v) is 7.23. The van der Waals surface area contributed by atoms with Crippen molar-refractivity contribution in [2.24, 2.45) is 5.92 Å². The highest BCUT2D eigenvalue weighted by Gasteiger charge is 2.19. The quantitative estimate of drug-likeness (QED) is 0.837. The normalized spacial score (nSPS) is 19.8. The summed E-state index contributed by atoms with van der Waals surface area (Å²) in [5.41, 5.74) is 1.74. The number of piperidine rings is 1. The third-order valence-electron chi connectivity index (χ3n) is 3.89. The average molecular weight is 277 g/mol. The maximum absolute atomic E-state index is 11.5. The second-order valence-corrected chi connectivity index (χ2v) is 5.45. The Bertz CT molecular complexity index is 445. The van der Waals surface area contributed by atoms with Crippen LogP contribution in [0.2, 0.25) is 0 Å². The first-order valence-electron chi connectivity index (χ1n) is 7.23. The van der Waals surface area contributed by atoms with Crippen molar-refractivity contribution in [3.8, 4) is 0 Å². The lowest BCUT2D eigenvalue weighted by Crippen LogP contribution is -2.35. The summed E-state index contributed by atoms with van der Waals surface area (Å²) in [4.78, 5) is 13.9. The van der Waals surface area contributed by atoms with Crippen LogP contribution in [0.5, 0.6) is 0 Å². The molecular formula is C16H23NO3. The van der Waals surface area contributed by atoms with Crippen LogP contribution in [0.3, 0.4) is 0 Å². The molecule has 0 aliphatic carbocycles. The van der Waals surface area contributed by atoms with Crippen LogP contribution in [0.15, 0.2) is 24.3 Å². The van der Waals surface area contributed by atoms with Gasteiger partial charge >= 0.3 is 5.97 Å². The molecule has 1 saturated heterocycles. The molecule has 4 heteroatoms. The second kappa shape index (κ2) is 7.41. The maximum atomic E-state index is 11.5. The Hall–Kier alpha value is -1.39. The Kier molecular flexibility index (Phi) is 5.56. The number of rotatable bonds is 5. The molecule has 1 heterocycles. The lowest BCUT2D eigenvalue weighted by molar-refractivity contribution is 0.0600. The molecule has 2 rings (SSSR count). The van der Waals surface area contributed by atoms with Gasteiger partial charge in [0.05, 0.1) is 12.7 Å². The van der Waals surface area contributed by atoms with Crippen LogP contribution in [0.4, 0.5) is 0 Å². The summed E-state index contributed by atoms with van der Waals surface area (Å²) in [6.07, 6.45) is 3.28. The molecule has 4 nitrogen and oxygen atoms in total. The number of ether oxygens (including phenoxy) is 1. The summed E-state index contributed by atoms with van der Waals surface area (Å²) in [5.74, 6) is 0.307. The zero-order valence-corrected chi connectivity index (χ0v) is 12.0. The molecular weight excluding hydrogens is 254 g/mol. The smallest absolute Gasteiger partial charge is 0.337 e. The predicted octanol–water partition coefficient (Wildman–Crippen LogP) is 2.07. The summed E-state index contributed by atoms with van der Waals surface area (Å²) in [6, 6.07) is 7.63. The highest BCUT2D eigenvalue weighted by molar-refractivity contribution is 5.89. The van der Waals surface area contributed by atoms with Crippen molar-refractivity contribution in [1.82, 2.24) is 4.90 Å². The summed E-state index contributed by atoms with van der Waals surface area (Å²) < 4.78 is 4.75. The fourth-order valence-corrected chi connectivity index (χ4v) is 2.89. The number of benzene rings is 1. The molecule has 0 spiro atoms. The highest BCUT2D eigenvalue weighted by atomic mass is 16.5. The fraction of sp³-hybridized carbons (Fsp3) is 0.562. The monoisotopic (exact) mass is 277 g/mol. The van der Waals surface area contributed by atoms with Gasteiger partial charge in [0, 0.05) is 19.7 Å². The van der Waals surface area contributed by atoms with Crippen LogP contribution in [0.25, 0.3) is 0 Å². The predicted molar refractivity (Wildman–Crippen MR) is 77.5 cm³/mol. The Balaban J connectivity index is 1.97. The minimum atomic E-state index is -0.288. The molecule has 110 valence electrons. The van der Waals surface area contributed by atoms with E-state index in [1.807, 2.05) is 18.2 Å². The SMILES string of the molecule is COC(=O)c1cccc(CN2CCCC(CCO)C2)c1. The van der Waals surface area contributed by atoms with Crippen molar-refractivity contribution in [3.05, 3.63) is 35.4 Å². The van der Waals surface area contributed by atoms with Crippen LogP contribution in [0.1, 0.15) is 35.2 Å². The van der Waals surface area contributed by atoms with Crippen LogP contribution in [-0.4, -0.2) is 42.8 Å². The largest absolute Gasteiger partial charge is 0.465 e. The molecule has 1 N–H and O–H groups in total. The topological polar surface area (TPSA) is 49.8 Å². The van der Waals surface area contributed by atoms with Crippen LogP contribution >= 0.6 is 0 Å². The van der Waals surface area contributed by atoms with E-state index in [9.17, 15) is 4.79 Å². The molecule has 1 aromatic carbocycles. The van der Waals surface area contributed by atoms with Crippen molar-refractivity contribution >= 4 is 5.97 Å². The van der Waals surface area contributed by atoms with Crippen molar-refractivity contribution < 1.29 is 14.6 Å². The van der Waals surface area contributed by atoms with E-state index < -0.39 is 0 Å². The number of nitrogens with zero attached hydrogens (tertiary/aromatic N) is 1. The molecule has 1 atom stereocenters. The molecule has 1 aromatic rings. The third-order valence-corrected chi connectivity index (χ3v) is 3.89. The molecule has 0 bridgehead atoms. The number of carbonyl (C=O) groups excluding carboxylic acids is 1. The zero-order chi connectivity index (χ0) is 14.4. The molecule has 1 aliphatic rings. The Morgan fingerprint density at radius 2 is 2.35 bits per heavy atom. The van der Waals surface area contributed by atoms with Crippen molar-refractivity contribution in [2.75, 3.05) is 26.8 Å². The van der Waals surface area contributed by atoms with E-state index in [1.54, 1.807) is 6.07 Å². The zero-order valence-electron chi connectivity index (χ0n) is 12.0. The standard InChI is InChI=1S/C16H23NO3/c1-20-16(19)15-6-2-4-14(10-15)12-17-8-3-5-13(11-17)7-9-18/h2,4,6,10,13,18H,3,5,7-9,11-12H2,1H3. The number of carbonyl (C=O) groups is 1. The van der Waals surface area contributed by atoms with Crippen molar-refractivity contribution in [1.29, 1.82) is 0 Å². The van der Waals surface area contributed by atoms with Gasteiger partial charge < -0.3 is 9.84 Å². The summed E-state index contributed by atoms with van der Waals surface area (Å²) in [6.45, 7) is 3.25. The number of aliphatic hydroxyl groups is 1. The van der Waals surface area contributed by atoms with Gasteiger partial charge in [-0.05, 0) is 49.4 Å². The molecule has 1 unspecified atom stereocenters. The number of methoxy groups -OCH3 is 1. The highest BCUT2D eigenvalue weighted by Crippen LogP contribution is 2.21. The van der Waals surface area contributed by atoms with Gasteiger partial charge in [0.1, 0.15) is 0 Å². The van der Waals surface area contributed by atoms with Crippen LogP contribution < -0.4 is 0 Å². The molecule has 1 fully saturated rings. The van der Waals surface area contributed by atoms with Gasteiger partial charge in [-0.2, -0.15) is 0 Å². The number of aliphatic hydroxyl groups excluding tert-OH is 1. The van der Waals surface area contributed by atoms with E-state index in [0.717, 1.165) is 31.6 Å². The van der Waals surface area contributed by atoms with Gasteiger partial charge in [0.15, 0.2) is 0 Å². The van der Waals surface area contributed by atoms with E-state index in [-0.39, 0.29) is 12.6 Å². The summed E-state index contributed by atoms with van der Waals surface area (Å²) in [5, 5.41) is 9.05. The van der Waals surface area contributed by atoms with Gasteiger partial charge in [0.2, 0.25) is 0 Å². The molecule has 1 aliphatic heterocycles. The lowest BCUT2D eigenvalue weighted by atomic mass is 9.95. The van der Waals surface area contributed by atoms with E-state index in [0.29, 0.717) is 11.5 Å². The maximum Gasteiger partial charge on any atom is 0.337 e. The van der Waals surface area contributed by atoms with Crippen LogP contribution in [0, 0.1) is 5.92 Å². The Labute approximate surface area is 120 Å². The fourth-order valence-electron chi connectivity index (χ4n) is 2.89. The van der Waals surface area contributed by atoms with Gasteiger partial charge in [-0.3, -0.25) is 4.90 Å². The van der Waals surface area contributed by atoms with Crippen molar-refractivity contribution in [3.63, 3.8) is 0 Å². The number of likely N-dealkylation sites (tertiary alicyclic amines) is 1. The molecule has 0 amide bonds. The number of hydrogen-bond acceptors (Lipinski definition) is 4. The van der Waals surface area contributed by atoms with Gasteiger partial charge in [0.25, 0.3) is 0 Å². The summed E-state index contributed by atoms with van der Waals surface area (Å²) in [7, 11) is 1.40. The third kappa shape index (κ3) is 4.05. The van der Waals surface area contributed by atoms with E-state index in [2.05, 4.69) is 4.90 Å². The summed E-state index contributed by atoms with van der Waals surface area (Å²) >= 11 is 0. The van der Waals surface area contributed by atoms with Gasteiger partial charge in [-0.1, -0.05) is 12.1 Å². The van der Waals surface area contributed by atoms with E-state index in [4.69, 9.17) is 9.84 Å². The molecule has 20 heavy (non-hydrogen) atoms. The Morgan fingerprint density at radius 1 is 1.50 bits per heavy atom. The number of hydrogen-bond donors (Lipinski definition) is 1. The minimum Gasteiger partial charge on any atom is -0.465 e.